The number of rotatable bonds is 6. The zero-order valence-electron chi connectivity index (χ0n) is 15.9. The predicted molar refractivity (Wildman–Crippen MR) is 104 cm³/mol. The predicted octanol–water partition coefficient (Wildman–Crippen LogP) is 3.34. The van der Waals surface area contributed by atoms with E-state index in [1.165, 1.54) is 5.56 Å². The van der Waals surface area contributed by atoms with Crippen molar-refractivity contribution in [3.05, 3.63) is 65.4 Å². The van der Waals surface area contributed by atoms with Crippen LogP contribution in [0, 0.1) is 6.92 Å². The number of carbonyl (C=O) groups is 1. The fraction of sp³-hybridized carbons (Fsp3) is 0.238. The van der Waals surface area contributed by atoms with E-state index in [-0.39, 0.29) is 5.91 Å². The summed E-state index contributed by atoms with van der Waals surface area (Å²) in [5.74, 6) is 1.17. The molecule has 0 spiro atoms. The standard InChI is InChI=1S/C21H23N3O3/c1-14-5-7-15(8-6-14)13-22-21(25)18-12-19(24(2)23-18)17-11-16(26-3)9-10-20(17)27-4/h5-12H,13H2,1-4H3,(H,22,25). The van der Waals surface area contributed by atoms with Gasteiger partial charge in [0.2, 0.25) is 0 Å². The zero-order valence-corrected chi connectivity index (χ0v) is 15.9. The number of ether oxygens (including phenoxy) is 2. The lowest BCUT2D eigenvalue weighted by Crippen LogP contribution is -2.23. The van der Waals surface area contributed by atoms with E-state index in [0.717, 1.165) is 16.8 Å². The van der Waals surface area contributed by atoms with Crippen LogP contribution in [-0.4, -0.2) is 29.9 Å². The van der Waals surface area contributed by atoms with E-state index in [4.69, 9.17) is 9.47 Å². The highest BCUT2D eigenvalue weighted by atomic mass is 16.5. The summed E-state index contributed by atoms with van der Waals surface area (Å²) >= 11 is 0. The molecule has 0 aliphatic rings. The van der Waals surface area contributed by atoms with Crippen LogP contribution in [0.4, 0.5) is 0 Å². The van der Waals surface area contributed by atoms with Crippen LogP contribution < -0.4 is 14.8 Å². The van der Waals surface area contributed by atoms with Crippen LogP contribution in [0.15, 0.2) is 48.5 Å². The van der Waals surface area contributed by atoms with Crippen molar-refractivity contribution in [2.45, 2.75) is 13.5 Å². The van der Waals surface area contributed by atoms with E-state index >= 15 is 0 Å². The molecule has 3 aromatic rings. The lowest BCUT2D eigenvalue weighted by Gasteiger charge is -2.10. The summed E-state index contributed by atoms with van der Waals surface area (Å²) in [4.78, 5) is 12.5. The van der Waals surface area contributed by atoms with Crippen molar-refractivity contribution in [2.75, 3.05) is 14.2 Å². The fourth-order valence-corrected chi connectivity index (χ4v) is 2.82. The number of hydrogen-bond donors (Lipinski definition) is 1. The highest BCUT2D eigenvalue weighted by Crippen LogP contribution is 2.33. The average molecular weight is 365 g/mol. The second-order valence-corrected chi connectivity index (χ2v) is 6.27. The van der Waals surface area contributed by atoms with Crippen LogP contribution in [0.5, 0.6) is 11.5 Å². The molecule has 0 saturated carbocycles. The third-order valence-electron chi connectivity index (χ3n) is 4.37. The van der Waals surface area contributed by atoms with Gasteiger partial charge in [-0.3, -0.25) is 9.48 Å². The lowest BCUT2D eigenvalue weighted by molar-refractivity contribution is 0.0945. The number of hydrogen-bond acceptors (Lipinski definition) is 4. The number of nitrogens with zero attached hydrogens (tertiary/aromatic N) is 2. The van der Waals surface area contributed by atoms with E-state index in [1.807, 2.05) is 49.4 Å². The molecule has 0 aliphatic carbocycles. The van der Waals surface area contributed by atoms with Crippen LogP contribution >= 0.6 is 0 Å². The van der Waals surface area contributed by atoms with Gasteiger partial charge in [-0.05, 0) is 36.8 Å². The molecular weight excluding hydrogens is 342 g/mol. The molecular formula is C21H23N3O3. The number of methoxy groups -OCH3 is 2. The van der Waals surface area contributed by atoms with E-state index in [2.05, 4.69) is 10.4 Å². The van der Waals surface area contributed by atoms with Gasteiger partial charge in [0.25, 0.3) is 5.91 Å². The van der Waals surface area contributed by atoms with E-state index in [0.29, 0.717) is 23.7 Å². The van der Waals surface area contributed by atoms with Crippen molar-refractivity contribution < 1.29 is 14.3 Å². The topological polar surface area (TPSA) is 65.4 Å². The molecule has 2 aromatic carbocycles. The molecule has 0 bridgehead atoms. The molecule has 0 saturated heterocycles. The second-order valence-electron chi connectivity index (χ2n) is 6.27. The Labute approximate surface area is 158 Å². The molecule has 6 heteroatoms. The highest BCUT2D eigenvalue weighted by Gasteiger charge is 2.17. The molecule has 1 N–H and O–H groups in total. The van der Waals surface area contributed by atoms with Crippen molar-refractivity contribution in [1.29, 1.82) is 0 Å². The lowest BCUT2D eigenvalue weighted by atomic mass is 10.1. The molecule has 1 aromatic heterocycles. The van der Waals surface area contributed by atoms with Gasteiger partial charge in [0, 0.05) is 19.2 Å². The molecule has 0 aliphatic heterocycles. The quantitative estimate of drug-likeness (QED) is 0.728. The number of aromatic nitrogens is 2. The van der Waals surface area contributed by atoms with Gasteiger partial charge in [-0.2, -0.15) is 5.10 Å². The largest absolute Gasteiger partial charge is 0.497 e. The van der Waals surface area contributed by atoms with Gasteiger partial charge in [-0.25, -0.2) is 0 Å². The summed E-state index contributed by atoms with van der Waals surface area (Å²) in [6.45, 7) is 2.48. The second kappa shape index (κ2) is 7.95. The molecule has 1 amide bonds. The maximum Gasteiger partial charge on any atom is 0.272 e. The molecule has 27 heavy (non-hydrogen) atoms. The molecule has 6 nitrogen and oxygen atoms in total. The third kappa shape index (κ3) is 4.11. The fourth-order valence-electron chi connectivity index (χ4n) is 2.82. The molecule has 0 atom stereocenters. The number of amides is 1. The molecule has 140 valence electrons. The van der Waals surface area contributed by atoms with Gasteiger partial charge < -0.3 is 14.8 Å². The number of carbonyl (C=O) groups excluding carboxylic acids is 1. The Morgan fingerprint density at radius 2 is 1.81 bits per heavy atom. The van der Waals surface area contributed by atoms with E-state index < -0.39 is 0 Å². The van der Waals surface area contributed by atoms with Gasteiger partial charge in [0.05, 0.1) is 19.9 Å². The normalized spacial score (nSPS) is 10.5. The first kappa shape index (κ1) is 18.5. The molecule has 3 rings (SSSR count). The van der Waals surface area contributed by atoms with Gasteiger partial charge in [-0.15, -0.1) is 0 Å². The van der Waals surface area contributed by atoms with Crippen LogP contribution in [0.2, 0.25) is 0 Å². The van der Waals surface area contributed by atoms with Crippen molar-refractivity contribution in [1.82, 2.24) is 15.1 Å². The monoisotopic (exact) mass is 365 g/mol. The third-order valence-corrected chi connectivity index (χ3v) is 4.37. The van der Waals surface area contributed by atoms with Crippen LogP contribution in [0.1, 0.15) is 21.6 Å². The van der Waals surface area contributed by atoms with Crippen molar-refractivity contribution in [3.8, 4) is 22.8 Å². The summed E-state index contributed by atoms with van der Waals surface area (Å²) in [7, 11) is 5.01. The first-order valence-electron chi connectivity index (χ1n) is 8.62. The maximum absolute atomic E-state index is 12.5. The minimum Gasteiger partial charge on any atom is -0.497 e. The van der Waals surface area contributed by atoms with Gasteiger partial charge in [0.1, 0.15) is 11.5 Å². The van der Waals surface area contributed by atoms with Crippen LogP contribution in [-0.2, 0) is 13.6 Å². The summed E-state index contributed by atoms with van der Waals surface area (Å²) in [5, 5.41) is 7.26. The van der Waals surface area contributed by atoms with Gasteiger partial charge in [0.15, 0.2) is 5.69 Å². The van der Waals surface area contributed by atoms with Crippen LogP contribution in [0.25, 0.3) is 11.3 Å². The molecule has 1 heterocycles. The smallest absolute Gasteiger partial charge is 0.272 e. The summed E-state index contributed by atoms with van der Waals surface area (Å²) in [6, 6.07) is 15.3. The molecule has 0 fully saturated rings. The van der Waals surface area contributed by atoms with Crippen molar-refractivity contribution in [3.63, 3.8) is 0 Å². The first-order valence-corrected chi connectivity index (χ1v) is 8.62. The first-order chi connectivity index (χ1) is 13.0. The Morgan fingerprint density at radius 3 is 2.48 bits per heavy atom. The Balaban J connectivity index is 1.81. The summed E-state index contributed by atoms with van der Waals surface area (Å²) < 4.78 is 12.4. The average Bonchev–Trinajstić information content (AvgIpc) is 3.08. The Kier molecular flexibility index (Phi) is 5.45. The minimum absolute atomic E-state index is 0.223. The number of aryl methyl sites for hydroxylation is 2. The minimum atomic E-state index is -0.223. The Hall–Kier alpha value is -3.28. The number of benzene rings is 2. The van der Waals surface area contributed by atoms with Crippen molar-refractivity contribution in [2.24, 2.45) is 7.05 Å². The summed E-state index contributed by atoms with van der Waals surface area (Å²) in [5.41, 5.74) is 4.16. The summed E-state index contributed by atoms with van der Waals surface area (Å²) in [6.07, 6.45) is 0. The highest BCUT2D eigenvalue weighted by molar-refractivity contribution is 5.93. The van der Waals surface area contributed by atoms with Gasteiger partial charge >= 0.3 is 0 Å². The van der Waals surface area contributed by atoms with E-state index in [1.54, 1.807) is 32.0 Å². The Bertz CT molecular complexity index is 946. The SMILES string of the molecule is COc1ccc(OC)c(-c2cc(C(=O)NCc3ccc(C)cc3)nn2C)c1. The molecule has 0 radical (unpaired) electrons. The van der Waals surface area contributed by atoms with E-state index in [9.17, 15) is 4.79 Å². The molecule has 0 unspecified atom stereocenters. The van der Waals surface area contributed by atoms with Crippen molar-refractivity contribution >= 4 is 5.91 Å². The van der Waals surface area contributed by atoms with Crippen LogP contribution in [0.3, 0.4) is 0 Å². The maximum atomic E-state index is 12.5. The Morgan fingerprint density at radius 1 is 1.07 bits per heavy atom. The van der Waals surface area contributed by atoms with Gasteiger partial charge in [-0.1, -0.05) is 29.8 Å². The zero-order chi connectivity index (χ0) is 19.4. The number of nitrogens with one attached hydrogen (secondary N) is 1.